The van der Waals surface area contributed by atoms with Crippen molar-refractivity contribution in [2.75, 3.05) is 13.1 Å². The maximum absolute atomic E-state index is 12.7. The van der Waals surface area contributed by atoms with Gasteiger partial charge in [-0.3, -0.25) is 4.79 Å². The summed E-state index contributed by atoms with van der Waals surface area (Å²) >= 11 is 0. The number of piperidine rings is 1. The van der Waals surface area contributed by atoms with Gasteiger partial charge in [0, 0.05) is 18.0 Å². The molecule has 0 radical (unpaired) electrons. The molecule has 1 saturated heterocycles. The van der Waals surface area contributed by atoms with Crippen LogP contribution in [0.1, 0.15) is 40.0 Å². The maximum atomic E-state index is 12.7. The Labute approximate surface area is 142 Å². The predicted molar refractivity (Wildman–Crippen MR) is 93.3 cm³/mol. The number of nitrogens with one attached hydrogen (secondary N) is 1. The van der Waals surface area contributed by atoms with Crippen LogP contribution in [0.5, 0.6) is 5.75 Å². The minimum atomic E-state index is -0.0234. The number of aromatic nitrogens is 2. The first kappa shape index (κ1) is 16.6. The van der Waals surface area contributed by atoms with Gasteiger partial charge in [-0.05, 0) is 69.0 Å². The van der Waals surface area contributed by atoms with E-state index in [2.05, 4.69) is 15.5 Å². The average Bonchev–Trinajstić information content (AvgIpc) is 2.58. The van der Waals surface area contributed by atoms with Gasteiger partial charge in [-0.15, -0.1) is 10.2 Å². The normalized spacial score (nSPS) is 17.7. The molecule has 0 spiro atoms. The van der Waals surface area contributed by atoms with Crippen molar-refractivity contribution in [3.63, 3.8) is 0 Å². The molecule has 1 fully saturated rings. The van der Waals surface area contributed by atoms with E-state index in [0.29, 0.717) is 23.5 Å². The fourth-order valence-corrected chi connectivity index (χ4v) is 3.21. The van der Waals surface area contributed by atoms with Gasteiger partial charge in [0.05, 0.1) is 5.69 Å². The molecule has 1 aliphatic rings. The molecular formula is C19H23N3O2. The van der Waals surface area contributed by atoms with Gasteiger partial charge in [-0.2, -0.15) is 0 Å². The second-order valence-electron chi connectivity index (χ2n) is 6.58. The summed E-state index contributed by atoms with van der Waals surface area (Å²) in [5.74, 6) is 0.224. The number of phenols is 1. The van der Waals surface area contributed by atoms with Crippen molar-refractivity contribution in [2.45, 2.75) is 33.6 Å². The van der Waals surface area contributed by atoms with Crippen LogP contribution in [0.3, 0.4) is 0 Å². The second kappa shape index (κ2) is 6.69. The summed E-state index contributed by atoms with van der Waals surface area (Å²) in [7, 11) is 0. The zero-order valence-corrected chi connectivity index (χ0v) is 14.4. The highest BCUT2D eigenvalue weighted by atomic mass is 16.3. The Hall–Kier alpha value is -2.27. The van der Waals surface area contributed by atoms with Crippen LogP contribution in [0.4, 0.5) is 0 Å². The lowest BCUT2D eigenvalue weighted by atomic mass is 9.90. The first-order chi connectivity index (χ1) is 11.5. The Morgan fingerprint density at radius 1 is 1.21 bits per heavy atom. The van der Waals surface area contributed by atoms with Crippen molar-refractivity contribution in [3.05, 3.63) is 40.6 Å². The smallest absolute Gasteiger partial charge is 0.187 e. The molecule has 2 aromatic rings. The number of nitrogens with zero attached hydrogens (tertiary/aromatic N) is 2. The van der Waals surface area contributed by atoms with Crippen LogP contribution < -0.4 is 5.32 Å². The molecule has 1 aromatic heterocycles. The van der Waals surface area contributed by atoms with Crippen LogP contribution in [-0.2, 0) is 0 Å². The largest absolute Gasteiger partial charge is 0.507 e. The number of ketones is 1. The van der Waals surface area contributed by atoms with Crippen LogP contribution in [0.15, 0.2) is 18.2 Å². The van der Waals surface area contributed by atoms with Gasteiger partial charge in [-0.1, -0.05) is 6.07 Å². The molecule has 1 aliphatic heterocycles. The van der Waals surface area contributed by atoms with Crippen molar-refractivity contribution in [2.24, 2.45) is 5.92 Å². The van der Waals surface area contributed by atoms with Crippen molar-refractivity contribution in [3.8, 4) is 17.0 Å². The topological polar surface area (TPSA) is 75.1 Å². The molecule has 0 bridgehead atoms. The molecule has 1 unspecified atom stereocenters. The summed E-state index contributed by atoms with van der Waals surface area (Å²) in [6.45, 7) is 7.43. The number of aromatic hydroxyl groups is 1. The van der Waals surface area contributed by atoms with Gasteiger partial charge in [0.15, 0.2) is 5.78 Å². The Morgan fingerprint density at radius 2 is 2.00 bits per heavy atom. The van der Waals surface area contributed by atoms with Crippen molar-refractivity contribution in [1.82, 2.24) is 15.5 Å². The Bertz CT molecular complexity index is 780. The third-order valence-electron chi connectivity index (χ3n) is 4.83. The van der Waals surface area contributed by atoms with E-state index < -0.39 is 0 Å². The number of benzene rings is 1. The number of hydrogen-bond donors (Lipinski definition) is 2. The van der Waals surface area contributed by atoms with Gasteiger partial charge in [0.2, 0.25) is 0 Å². The van der Waals surface area contributed by atoms with E-state index in [9.17, 15) is 9.90 Å². The Balaban J connectivity index is 1.98. The van der Waals surface area contributed by atoms with Crippen molar-refractivity contribution >= 4 is 5.78 Å². The zero-order valence-electron chi connectivity index (χ0n) is 14.4. The van der Waals surface area contributed by atoms with Gasteiger partial charge >= 0.3 is 0 Å². The van der Waals surface area contributed by atoms with Crippen LogP contribution in [-0.4, -0.2) is 34.2 Å². The predicted octanol–water partition coefficient (Wildman–Crippen LogP) is 2.96. The molecule has 5 nitrogen and oxygen atoms in total. The van der Waals surface area contributed by atoms with E-state index in [1.807, 2.05) is 32.9 Å². The summed E-state index contributed by atoms with van der Waals surface area (Å²) in [5.41, 5.74) is 4.44. The fourth-order valence-electron chi connectivity index (χ4n) is 3.21. The first-order valence-corrected chi connectivity index (χ1v) is 8.38. The van der Waals surface area contributed by atoms with E-state index in [-0.39, 0.29) is 17.5 Å². The molecule has 24 heavy (non-hydrogen) atoms. The van der Waals surface area contributed by atoms with Crippen LogP contribution in [0, 0.1) is 26.7 Å². The Morgan fingerprint density at radius 3 is 2.67 bits per heavy atom. The fraction of sp³-hybridized carbons (Fsp3) is 0.421. The third kappa shape index (κ3) is 3.04. The van der Waals surface area contributed by atoms with Gasteiger partial charge in [-0.25, -0.2) is 0 Å². The van der Waals surface area contributed by atoms with E-state index >= 15 is 0 Å². The molecule has 0 amide bonds. The van der Waals surface area contributed by atoms with Crippen LogP contribution in [0.25, 0.3) is 11.3 Å². The van der Waals surface area contributed by atoms with E-state index in [1.54, 1.807) is 6.07 Å². The third-order valence-corrected chi connectivity index (χ3v) is 4.83. The van der Waals surface area contributed by atoms with Gasteiger partial charge in [0.1, 0.15) is 11.4 Å². The summed E-state index contributed by atoms with van der Waals surface area (Å²) in [6.07, 6.45) is 1.91. The highest BCUT2D eigenvalue weighted by Gasteiger charge is 2.26. The highest BCUT2D eigenvalue weighted by molar-refractivity contribution is 5.98. The highest BCUT2D eigenvalue weighted by Crippen LogP contribution is 2.32. The molecular weight excluding hydrogens is 302 g/mol. The van der Waals surface area contributed by atoms with Crippen molar-refractivity contribution in [1.29, 1.82) is 0 Å². The number of aryl methyl sites for hydroxylation is 1. The summed E-state index contributed by atoms with van der Waals surface area (Å²) < 4.78 is 0. The van der Waals surface area contributed by atoms with Gasteiger partial charge < -0.3 is 10.4 Å². The minimum absolute atomic E-state index is 0.0234. The summed E-state index contributed by atoms with van der Waals surface area (Å²) in [6, 6.07) is 5.48. The molecule has 1 atom stereocenters. The first-order valence-electron chi connectivity index (χ1n) is 8.38. The Kier molecular flexibility index (Phi) is 4.62. The molecule has 0 aliphatic carbocycles. The lowest BCUT2D eigenvalue weighted by Gasteiger charge is -2.22. The number of carbonyl (C=O) groups is 1. The second-order valence-corrected chi connectivity index (χ2v) is 6.58. The number of Topliss-reactive ketones (excluding diaryl/α,β-unsaturated/α-hetero) is 1. The molecule has 126 valence electrons. The summed E-state index contributed by atoms with van der Waals surface area (Å²) in [4.78, 5) is 12.7. The van der Waals surface area contributed by atoms with E-state index in [4.69, 9.17) is 0 Å². The molecule has 2 heterocycles. The summed E-state index contributed by atoms with van der Waals surface area (Å²) in [5, 5.41) is 21.9. The number of carbonyl (C=O) groups excluding carboxylic acids is 1. The molecule has 0 saturated carbocycles. The van der Waals surface area contributed by atoms with E-state index in [1.165, 1.54) is 0 Å². The molecule has 5 heteroatoms. The monoisotopic (exact) mass is 325 g/mol. The molecule has 3 rings (SSSR count). The zero-order chi connectivity index (χ0) is 17.3. The number of rotatable bonds is 3. The van der Waals surface area contributed by atoms with Crippen LogP contribution in [0.2, 0.25) is 0 Å². The molecule has 1 aromatic carbocycles. The lowest BCUT2D eigenvalue weighted by Crippen LogP contribution is -2.35. The average molecular weight is 325 g/mol. The lowest BCUT2D eigenvalue weighted by molar-refractivity contribution is 0.0892. The quantitative estimate of drug-likeness (QED) is 0.849. The SMILES string of the molecule is Cc1ccc(-c2nnc(C(=O)C3CCCNC3)c(C)c2C)c(O)c1. The van der Waals surface area contributed by atoms with Gasteiger partial charge in [0.25, 0.3) is 0 Å². The maximum Gasteiger partial charge on any atom is 0.187 e. The standard InChI is InChI=1S/C19H23N3O2/c1-11-6-7-15(16(23)9-11)17-12(2)13(3)18(22-21-17)19(24)14-5-4-8-20-10-14/h6-7,9,14,20,23H,4-5,8,10H2,1-3H3. The number of phenolic OH excluding ortho intramolecular Hbond substituents is 1. The minimum Gasteiger partial charge on any atom is -0.507 e. The number of hydrogen-bond acceptors (Lipinski definition) is 5. The van der Waals surface area contributed by atoms with Crippen molar-refractivity contribution < 1.29 is 9.90 Å². The molecule has 2 N–H and O–H groups in total. The van der Waals surface area contributed by atoms with Crippen LogP contribution >= 0.6 is 0 Å². The van der Waals surface area contributed by atoms with E-state index in [0.717, 1.165) is 36.1 Å².